The van der Waals surface area contributed by atoms with Gasteiger partial charge in [0.1, 0.15) is 17.4 Å². The number of fused-ring (bicyclic) bond motifs is 1. The summed E-state index contributed by atoms with van der Waals surface area (Å²) < 4.78 is 1.45. The number of benzene rings is 3. The minimum absolute atomic E-state index is 0.161. The number of para-hydroxylation sites is 2. The van der Waals surface area contributed by atoms with Crippen molar-refractivity contribution in [1.82, 2.24) is 9.78 Å². The predicted molar refractivity (Wildman–Crippen MR) is 149 cm³/mol. The lowest BCUT2D eigenvalue weighted by molar-refractivity contribution is -0.385. The molecule has 1 atom stereocenters. The molecule has 10 nitrogen and oxygen atoms in total. The lowest BCUT2D eigenvalue weighted by atomic mass is 9.93. The molecule has 1 aromatic heterocycles. The van der Waals surface area contributed by atoms with Crippen LogP contribution in [0.2, 0.25) is 0 Å². The normalized spacial score (nSPS) is 14.3. The highest BCUT2D eigenvalue weighted by atomic mass is 16.6. The van der Waals surface area contributed by atoms with Crippen LogP contribution in [-0.2, 0) is 4.79 Å². The molecular weight excluding hydrogens is 496 g/mol. The number of carbonyl (C=O) groups excluding carboxylic acids is 2. The van der Waals surface area contributed by atoms with E-state index in [0.717, 1.165) is 11.1 Å². The molecule has 0 spiro atoms. The molecular formula is C29H26N6O4. The number of nitrogens with one attached hydrogen (secondary N) is 3. The summed E-state index contributed by atoms with van der Waals surface area (Å²) in [5.74, 6) is -0.522. The maximum atomic E-state index is 13.8. The Morgan fingerprint density at radius 3 is 2.38 bits per heavy atom. The fourth-order valence-corrected chi connectivity index (χ4v) is 4.75. The predicted octanol–water partition coefficient (Wildman–Crippen LogP) is 5.59. The van der Waals surface area contributed by atoms with Gasteiger partial charge in [0, 0.05) is 23.1 Å². The summed E-state index contributed by atoms with van der Waals surface area (Å²) in [5.41, 5.74) is 4.20. The number of aromatic nitrogens is 2. The van der Waals surface area contributed by atoms with Gasteiger partial charge in [-0.2, -0.15) is 5.10 Å². The third-order valence-electron chi connectivity index (χ3n) is 6.60. The first-order chi connectivity index (χ1) is 18.7. The zero-order valence-electron chi connectivity index (χ0n) is 21.6. The van der Waals surface area contributed by atoms with E-state index in [-0.39, 0.29) is 22.4 Å². The van der Waals surface area contributed by atoms with Crippen molar-refractivity contribution in [1.29, 1.82) is 0 Å². The van der Waals surface area contributed by atoms with Gasteiger partial charge in [-0.3, -0.25) is 19.7 Å². The summed E-state index contributed by atoms with van der Waals surface area (Å²) in [6, 6.07) is 19.9. The maximum absolute atomic E-state index is 13.8. The number of anilines is 3. The van der Waals surface area contributed by atoms with E-state index >= 15 is 0 Å². The van der Waals surface area contributed by atoms with Gasteiger partial charge >= 0.3 is 0 Å². The Morgan fingerprint density at radius 2 is 1.67 bits per heavy atom. The van der Waals surface area contributed by atoms with Crippen LogP contribution in [0.5, 0.6) is 0 Å². The largest absolute Gasteiger partial charge is 0.343 e. The summed E-state index contributed by atoms with van der Waals surface area (Å²) in [5, 5.41) is 25.4. The Bertz CT molecular complexity index is 1640. The number of amides is 2. The van der Waals surface area contributed by atoms with Gasteiger partial charge < -0.3 is 16.0 Å². The molecule has 10 heteroatoms. The second kappa shape index (κ2) is 10.3. The van der Waals surface area contributed by atoms with E-state index in [4.69, 9.17) is 0 Å². The molecule has 1 aliphatic heterocycles. The summed E-state index contributed by atoms with van der Waals surface area (Å²) >= 11 is 0. The van der Waals surface area contributed by atoms with Crippen molar-refractivity contribution in [3.63, 3.8) is 0 Å². The van der Waals surface area contributed by atoms with Crippen molar-refractivity contribution >= 4 is 34.7 Å². The molecule has 3 aromatic carbocycles. The quantitative estimate of drug-likeness (QED) is 0.224. The number of allylic oxidation sites excluding steroid dienone is 1. The summed E-state index contributed by atoms with van der Waals surface area (Å²) in [6.45, 7) is 5.56. The molecule has 2 heterocycles. The Balaban J connectivity index is 1.60. The molecule has 0 aliphatic carbocycles. The highest BCUT2D eigenvalue weighted by Gasteiger charge is 2.38. The zero-order chi connectivity index (χ0) is 27.7. The van der Waals surface area contributed by atoms with Crippen LogP contribution in [0.4, 0.5) is 22.9 Å². The molecule has 4 aromatic rings. The lowest BCUT2D eigenvalue weighted by Crippen LogP contribution is -2.32. The van der Waals surface area contributed by atoms with E-state index in [1.807, 2.05) is 38.1 Å². The van der Waals surface area contributed by atoms with Crippen LogP contribution in [-0.4, -0.2) is 26.5 Å². The van der Waals surface area contributed by atoms with E-state index in [9.17, 15) is 19.7 Å². The van der Waals surface area contributed by atoms with Gasteiger partial charge in [0.25, 0.3) is 17.5 Å². The van der Waals surface area contributed by atoms with Gasteiger partial charge in [-0.05, 0) is 50.6 Å². The van der Waals surface area contributed by atoms with Crippen LogP contribution in [0.25, 0.3) is 0 Å². The lowest BCUT2D eigenvalue weighted by Gasteiger charge is -2.30. The third kappa shape index (κ3) is 4.87. The molecule has 0 fully saturated rings. The topological polar surface area (TPSA) is 131 Å². The molecule has 196 valence electrons. The van der Waals surface area contributed by atoms with E-state index < -0.39 is 22.8 Å². The van der Waals surface area contributed by atoms with E-state index in [0.29, 0.717) is 22.9 Å². The first-order valence-corrected chi connectivity index (χ1v) is 12.3. The first kappa shape index (κ1) is 25.4. The van der Waals surface area contributed by atoms with Crippen molar-refractivity contribution in [3.8, 4) is 0 Å². The highest BCUT2D eigenvalue weighted by molar-refractivity contribution is 6.09. The van der Waals surface area contributed by atoms with E-state index in [1.165, 1.54) is 16.9 Å². The molecule has 0 saturated carbocycles. The van der Waals surface area contributed by atoms with Crippen LogP contribution in [0.15, 0.2) is 90.3 Å². The molecule has 0 saturated heterocycles. The van der Waals surface area contributed by atoms with Crippen LogP contribution in [0, 0.1) is 24.0 Å². The highest BCUT2D eigenvalue weighted by Crippen LogP contribution is 2.41. The Labute approximate surface area is 224 Å². The molecule has 0 bridgehead atoms. The maximum Gasteiger partial charge on any atom is 0.275 e. The first-order valence-electron chi connectivity index (χ1n) is 12.3. The molecule has 1 unspecified atom stereocenters. The second-order valence-electron chi connectivity index (χ2n) is 9.33. The fraction of sp³-hybridized carbons (Fsp3) is 0.138. The molecule has 39 heavy (non-hydrogen) atoms. The SMILES string of the molecule is CC1=C(C(=O)Nc2ccc(C)cc2C)C(c2ccccc2[N+](=O)[O-])n2ncc(C(=O)Nc3ccccc3)c2N1. The minimum atomic E-state index is -0.966. The number of nitrogens with zero attached hydrogens (tertiary/aromatic N) is 3. The van der Waals surface area contributed by atoms with E-state index in [1.54, 1.807) is 49.4 Å². The Kier molecular flexibility index (Phi) is 6.68. The fourth-order valence-electron chi connectivity index (χ4n) is 4.75. The number of hydrogen-bond donors (Lipinski definition) is 3. The number of nitro benzene ring substituents is 1. The van der Waals surface area contributed by atoms with Crippen molar-refractivity contribution in [2.24, 2.45) is 0 Å². The standard InChI is InChI=1S/C29H26N6O4/c1-17-13-14-23(18(2)15-17)33-29(37)25-19(3)31-27-22(28(36)32-20-9-5-4-6-10-20)16-30-34(27)26(25)21-11-7-8-12-24(21)35(38)39/h4-16,26,31H,1-3H3,(H,32,36)(H,33,37). The van der Waals surface area contributed by atoms with Gasteiger partial charge in [0.2, 0.25) is 0 Å². The zero-order valence-corrected chi connectivity index (χ0v) is 21.6. The second-order valence-corrected chi connectivity index (χ2v) is 9.33. The van der Waals surface area contributed by atoms with Crippen LogP contribution < -0.4 is 16.0 Å². The molecule has 0 radical (unpaired) electrons. The van der Waals surface area contributed by atoms with Crippen LogP contribution >= 0.6 is 0 Å². The Hall–Kier alpha value is -5.25. The van der Waals surface area contributed by atoms with Crippen molar-refractivity contribution in [3.05, 3.63) is 123 Å². The van der Waals surface area contributed by atoms with Gasteiger partial charge in [-0.25, -0.2) is 4.68 Å². The van der Waals surface area contributed by atoms with Gasteiger partial charge in [-0.15, -0.1) is 0 Å². The summed E-state index contributed by atoms with van der Waals surface area (Å²) in [6.07, 6.45) is 1.39. The van der Waals surface area contributed by atoms with Crippen molar-refractivity contribution in [2.45, 2.75) is 26.8 Å². The van der Waals surface area contributed by atoms with Gasteiger partial charge in [0.05, 0.1) is 22.3 Å². The Morgan fingerprint density at radius 1 is 0.949 bits per heavy atom. The molecule has 5 rings (SSSR count). The molecule has 2 amide bonds. The van der Waals surface area contributed by atoms with Crippen LogP contribution in [0.1, 0.15) is 40.0 Å². The number of rotatable bonds is 6. The molecule has 1 aliphatic rings. The van der Waals surface area contributed by atoms with Crippen molar-refractivity contribution < 1.29 is 14.5 Å². The average molecular weight is 523 g/mol. The van der Waals surface area contributed by atoms with E-state index in [2.05, 4.69) is 21.0 Å². The third-order valence-corrected chi connectivity index (χ3v) is 6.60. The minimum Gasteiger partial charge on any atom is -0.343 e. The van der Waals surface area contributed by atoms with Gasteiger partial charge in [-0.1, -0.05) is 48.0 Å². The molecule has 3 N–H and O–H groups in total. The summed E-state index contributed by atoms with van der Waals surface area (Å²) in [4.78, 5) is 38.5. The number of carbonyl (C=O) groups is 2. The smallest absolute Gasteiger partial charge is 0.275 e. The van der Waals surface area contributed by atoms with Crippen LogP contribution in [0.3, 0.4) is 0 Å². The summed E-state index contributed by atoms with van der Waals surface area (Å²) in [7, 11) is 0. The van der Waals surface area contributed by atoms with Crippen molar-refractivity contribution in [2.75, 3.05) is 16.0 Å². The number of aryl methyl sites for hydroxylation is 2. The number of nitro groups is 1. The number of hydrogen-bond acceptors (Lipinski definition) is 6. The van der Waals surface area contributed by atoms with Gasteiger partial charge in [0.15, 0.2) is 0 Å². The monoisotopic (exact) mass is 522 g/mol. The average Bonchev–Trinajstić information content (AvgIpc) is 3.33.